The van der Waals surface area contributed by atoms with Crippen molar-refractivity contribution in [1.82, 2.24) is 0 Å². The molecule has 2 N–H and O–H groups in total. The van der Waals surface area contributed by atoms with E-state index in [2.05, 4.69) is 42.5 Å². The van der Waals surface area contributed by atoms with Crippen LogP contribution in [0.2, 0.25) is 0 Å². The van der Waals surface area contributed by atoms with Gasteiger partial charge in [-0.05, 0) is 47.6 Å². The van der Waals surface area contributed by atoms with Crippen molar-refractivity contribution in [1.29, 1.82) is 0 Å². The van der Waals surface area contributed by atoms with Gasteiger partial charge in [0.05, 0.1) is 0 Å². The maximum Gasteiger partial charge on any atom is -0.00173 e. The van der Waals surface area contributed by atoms with Gasteiger partial charge in [0.25, 0.3) is 0 Å². The van der Waals surface area contributed by atoms with Gasteiger partial charge in [-0.25, -0.2) is 0 Å². The molecule has 1 saturated carbocycles. The summed E-state index contributed by atoms with van der Waals surface area (Å²) in [5.41, 5.74) is 7.82. The fraction of sp³-hybridized carbons (Fsp3) is 0.375. The third-order valence-corrected chi connectivity index (χ3v) is 4.29. The van der Waals surface area contributed by atoms with Crippen molar-refractivity contribution in [2.24, 2.45) is 11.1 Å². The van der Waals surface area contributed by atoms with Crippen LogP contribution in [0.15, 0.2) is 42.5 Å². The molecule has 0 aliphatic heterocycles. The van der Waals surface area contributed by atoms with Gasteiger partial charge in [-0.15, -0.1) is 0 Å². The Balaban J connectivity index is 2.00. The van der Waals surface area contributed by atoms with E-state index in [1.807, 2.05) is 0 Å². The summed E-state index contributed by atoms with van der Waals surface area (Å²) in [5.74, 6) is 0. The number of hydrogen-bond donors (Lipinski definition) is 1. The molecule has 1 fully saturated rings. The highest BCUT2D eigenvalue weighted by Crippen LogP contribution is 2.43. The average Bonchev–Trinajstić information content (AvgIpc) is 2.34. The second-order valence-electron chi connectivity index (χ2n) is 5.37. The predicted molar refractivity (Wildman–Crippen MR) is 73.0 cm³/mol. The van der Waals surface area contributed by atoms with Crippen molar-refractivity contribution in [3.05, 3.63) is 48.0 Å². The quantitative estimate of drug-likeness (QED) is 0.850. The van der Waals surface area contributed by atoms with Crippen molar-refractivity contribution < 1.29 is 0 Å². The van der Waals surface area contributed by atoms with Crippen molar-refractivity contribution in [2.75, 3.05) is 6.54 Å². The number of rotatable bonds is 3. The molecule has 1 aliphatic rings. The monoisotopic (exact) mass is 225 g/mol. The maximum atomic E-state index is 5.96. The number of hydrogen-bond acceptors (Lipinski definition) is 1. The standard InChI is InChI=1S/C16H19N/c17-12-16(9-4-10-16)11-14-7-3-6-13-5-1-2-8-15(13)14/h1-3,5-8H,4,9-12,17H2. The molecule has 88 valence electrons. The van der Waals surface area contributed by atoms with E-state index in [4.69, 9.17) is 5.73 Å². The van der Waals surface area contributed by atoms with E-state index in [0.29, 0.717) is 5.41 Å². The topological polar surface area (TPSA) is 26.0 Å². The van der Waals surface area contributed by atoms with Crippen LogP contribution in [0.3, 0.4) is 0 Å². The van der Waals surface area contributed by atoms with E-state index < -0.39 is 0 Å². The summed E-state index contributed by atoms with van der Waals surface area (Å²) in [7, 11) is 0. The summed E-state index contributed by atoms with van der Waals surface area (Å²) in [6.07, 6.45) is 5.09. The zero-order valence-corrected chi connectivity index (χ0v) is 10.2. The minimum Gasteiger partial charge on any atom is -0.330 e. The number of fused-ring (bicyclic) bond motifs is 1. The molecule has 17 heavy (non-hydrogen) atoms. The second kappa shape index (κ2) is 4.15. The van der Waals surface area contributed by atoms with Gasteiger partial charge in [0.1, 0.15) is 0 Å². The Labute approximate surface area is 103 Å². The van der Waals surface area contributed by atoms with Crippen molar-refractivity contribution in [3.8, 4) is 0 Å². The zero-order valence-electron chi connectivity index (χ0n) is 10.2. The molecule has 0 amide bonds. The highest BCUT2D eigenvalue weighted by molar-refractivity contribution is 5.85. The lowest BCUT2D eigenvalue weighted by Gasteiger charge is -2.41. The van der Waals surface area contributed by atoms with Crippen LogP contribution in [0.5, 0.6) is 0 Å². The molecule has 1 nitrogen and oxygen atoms in total. The lowest BCUT2D eigenvalue weighted by molar-refractivity contribution is 0.145. The largest absolute Gasteiger partial charge is 0.330 e. The predicted octanol–water partition coefficient (Wildman–Crippen LogP) is 3.51. The highest BCUT2D eigenvalue weighted by atomic mass is 14.6. The normalized spacial score (nSPS) is 17.9. The van der Waals surface area contributed by atoms with Crippen LogP contribution in [-0.2, 0) is 6.42 Å². The molecule has 1 aliphatic carbocycles. The Morgan fingerprint density at radius 2 is 1.76 bits per heavy atom. The third kappa shape index (κ3) is 1.85. The fourth-order valence-corrected chi connectivity index (χ4v) is 2.98. The molecule has 0 bridgehead atoms. The van der Waals surface area contributed by atoms with Crippen LogP contribution in [0, 0.1) is 5.41 Å². The average molecular weight is 225 g/mol. The van der Waals surface area contributed by atoms with Crippen molar-refractivity contribution in [2.45, 2.75) is 25.7 Å². The molecule has 3 rings (SSSR count). The van der Waals surface area contributed by atoms with Gasteiger partial charge in [0, 0.05) is 0 Å². The Morgan fingerprint density at radius 1 is 1.00 bits per heavy atom. The second-order valence-corrected chi connectivity index (χ2v) is 5.37. The molecule has 2 aromatic carbocycles. The van der Waals surface area contributed by atoms with Crippen LogP contribution < -0.4 is 5.73 Å². The van der Waals surface area contributed by atoms with E-state index in [1.165, 1.54) is 35.6 Å². The summed E-state index contributed by atoms with van der Waals surface area (Å²) >= 11 is 0. The summed E-state index contributed by atoms with van der Waals surface area (Å²) < 4.78 is 0. The van der Waals surface area contributed by atoms with Gasteiger partial charge < -0.3 is 5.73 Å². The first-order valence-electron chi connectivity index (χ1n) is 6.50. The number of nitrogens with two attached hydrogens (primary N) is 1. The fourth-order valence-electron chi connectivity index (χ4n) is 2.98. The maximum absolute atomic E-state index is 5.96. The summed E-state index contributed by atoms with van der Waals surface area (Å²) in [5, 5.41) is 2.74. The summed E-state index contributed by atoms with van der Waals surface area (Å²) in [6.45, 7) is 0.830. The van der Waals surface area contributed by atoms with Crippen LogP contribution in [0.25, 0.3) is 10.8 Å². The van der Waals surface area contributed by atoms with E-state index in [9.17, 15) is 0 Å². The summed E-state index contributed by atoms with van der Waals surface area (Å²) in [4.78, 5) is 0. The SMILES string of the molecule is NCC1(Cc2cccc3ccccc23)CCC1. The molecule has 0 atom stereocenters. The molecule has 0 aromatic heterocycles. The van der Waals surface area contributed by atoms with Gasteiger partial charge in [-0.1, -0.05) is 48.9 Å². The van der Waals surface area contributed by atoms with E-state index in [1.54, 1.807) is 0 Å². The van der Waals surface area contributed by atoms with Gasteiger partial charge in [-0.3, -0.25) is 0 Å². The Bertz CT molecular complexity index is 515. The van der Waals surface area contributed by atoms with Crippen LogP contribution >= 0.6 is 0 Å². The first-order chi connectivity index (χ1) is 8.33. The molecule has 0 radical (unpaired) electrons. The molecule has 0 saturated heterocycles. The van der Waals surface area contributed by atoms with Gasteiger partial charge in [0.15, 0.2) is 0 Å². The van der Waals surface area contributed by atoms with Crippen molar-refractivity contribution >= 4 is 10.8 Å². The van der Waals surface area contributed by atoms with Crippen LogP contribution in [-0.4, -0.2) is 6.54 Å². The minimum absolute atomic E-state index is 0.393. The van der Waals surface area contributed by atoms with E-state index in [0.717, 1.165) is 13.0 Å². The molecular weight excluding hydrogens is 206 g/mol. The van der Waals surface area contributed by atoms with Gasteiger partial charge >= 0.3 is 0 Å². The van der Waals surface area contributed by atoms with E-state index in [-0.39, 0.29) is 0 Å². The smallest absolute Gasteiger partial charge is 0.00173 e. The lowest BCUT2D eigenvalue weighted by atomic mass is 9.65. The Kier molecular flexibility index (Phi) is 2.64. The van der Waals surface area contributed by atoms with E-state index >= 15 is 0 Å². The molecule has 0 heterocycles. The van der Waals surface area contributed by atoms with Crippen molar-refractivity contribution in [3.63, 3.8) is 0 Å². The van der Waals surface area contributed by atoms with Gasteiger partial charge in [0.2, 0.25) is 0 Å². The molecule has 1 heteroatoms. The lowest BCUT2D eigenvalue weighted by Crippen LogP contribution is -2.39. The summed E-state index contributed by atoms with van der Waals surface area (Å²) in [6, 6.07) is 15.3. The molecule has 0 spiro atoms. The van der Waals surface area contributed by atoms with Crippen LogP contribution in [0.4, 0.5) is 0 Å². The third-order valence-electron chi connectivity index (χ3n) is 4.29. The Hall–Kier alpha value is -1.34. The zero-order chi connectivity index (χ0) is 11.7. The first kappa shape index (κ1) is 10.8. The van der Waals surface area contributed by atoms with Gasteiger partial charge in [-0.2, -0.15) is 0 Å². The first-order valence-corrected chi connectivity index (χ1v) is 6.50. The molecule has 2 aromatic rings. The Morgan fingerprint density at radius 3 is 2.47 bits per heavy atom. The highest BCUT2D eigenvalue weighted by Gasteiger charge is 2.35. The minimum atomic E-state index is 0.393. The molecule has 0 unspecified atom stereocenters. The van der Waals surface area contributed by atoms with Crippen LogP contribution in [0.1, 0.15) is 24.8 Å². The molecular formula is C16H19N. The number of benzene rings is 2.